The smallest absolute Gasteiger partial charge is 0.159 e. The molecule has 20 aromatic carbocycles. The summed E-state index contributed by atoms with van der Waals surface area (Å²) in [7, 11) is 0. The van der Waals surface area contributed by atoms with Gasteiger partial charge in [-0.15, -0.1) is 0 Å². The van der Waals surface area contributed by atoms with Crippen molar-refractivity contribution in [1.82, 2.24) is 0 Å². The average Bonchev–Trinajstić information content (AvgIpc) is 1.54. The maximum Gasteiger partial charge on any atom is 0.159 e. The van der Waals surface area contributed by atoms with Crippen LogP contribution in [-0.4, -0.2) is 0 Å². The number of furan rings is 6. The molecule has 0 aliphatic carbocycles. The van der Waals surface area contributed by atoms with Gasteiger partial charge in [-0.05, 0) is 151 Å². The molecule has 6 aromatic heterocycles. The number of fused-ring (bicyclic) bond motifs is 26. The Bertz CT molecular complexity index is 8970. The largest absolute Gasteiger partial charge is 0.455 e. The number of para-hydroxylation sites is 10. The predicted molar refractivity (Wildman–Crippen MR) is 514 cm³/mol. The maximum absolute atomic E-state index is 7.43. The van der Waals surface area contributed by atoms with E-state index in [0.717, 1.165) is 265 Å². The third-order valence-electron chi connectivity index (χ3n) is 25.6. The van der Waals surface area contributed by atoms with Crippen molar-refractivity contribution in [3.8, 4) is 11.1 Å². The van der Waals surface area contributed by atoms with Crippen LogP contribution in [0, 0.1) is 13.8 Å². The molecule has 0 bridgehead atoms. The number of hydrogen-bond acceptors (Lipinski definition) is 10. The van der Waals surface area contributed by atoms with Crippen LogP contribution in [0.3, 0.4) is 0 Å². The second kappa shape index (κ2) is 27.0. The first kappa shape index (κ1) is 69.4. The molecule has 0 saturated carbocycles. The van der Waals surface area contributed by atoms with Gasteiger partial charge < -0.3 is 46.1 Å². The van der Waals surface area contributed by atoms with E-state index in [-0.39, 0.29) is 0 Å². The molecule has 26 aromatic rings. The highest BCUT2D eigenvalue weighted by atomic mass is 16.4. The third kappa shape index (κ3) is 10.3. The predicted octanol–water partition coefficient (Wildman–Crippen LogP) is 33.9. The molecule has 0 saturated heterocycles. The first-order chi connectivity index (χ1) is 61.3. The lowest BCUT2D eigenvalue weighted by molar-refractivity contribution is 0.668. The fraction of sp³-hybridized carbons (Fsp3) is 0.0175. The van der Waals surface area contributed by atoms with Crippen LogP contribution in [-0.2, 0) is 0 Å². The van der Waals surface area contributed by atoms with Gasteiger partial charge in [0.25, 0.3) is 0 Å². The van der Waals surface area contributed by atoms with Crippen molar-refractivity contribution in [3.63, 3.8) is 0 Å². The van der Waals surface area contributed by atoms with Crippen LogP contribution >= 0.6 is 0 Å². The Morgan fingerprint density at radius 1 is 0.145 bits per heavy atom. The van der Waals surface area contributed by atoms with E-state index in [4.69, 9.17) is 26.5 Å². The van der Waals surface area contributed by atoms with Gasteiger partial charge >= 0.3 is 0 Å². The Balaban J connectivity index is 0.653. The van der Waals surface area contributed by atoms with Crippen LogP contribution in [0.15, 0.2) is 415 Å². The van der Waals surface area contributed by atoms with Crippen molar-refractivity contribution in [1.29, 1.82) is 0 Å². The highest BCUT2D eigenvalue weighted by Gasteiger charge is 2.32. The van der Waals surface area contributed by atoms with Gasteiger partial charge in [0.2, 0.25) is 0 Å². The molecule has 0 spiro atoms. The highest BCUT2D eigenvalue weighted by Crippen LogP contribution is 2.56. The second-order valence-electron chi connectivity index (χ2n) is 32.5. The summed E-state index contributed by atoms with van der Waals surface area (Å²) >= 11 is 0. The zero-order valence-electron chi connectivity index (χ0n) is 67.2. The van der Waals surface area contributed by atoms with Crippen LogP contribution in [0.4, 0.5) is 68.2 Å². The van der Waals surface area contributed by atoms with Crippen LogP contribution in [0.25, 0.3) is 186 Å². The van der Waals surface area contributed by atoms with E-state index < -0.39 is 0 Å². The molecular formula is C114H70N4O6. The standard InChI is InChI=1S/C114H70N4O6/c1-67-28-6-19-47-93(67)117(97-50-26-45-87-79-37-17-22-54-105(79)121-113(87)97)101-65-91-92-66-102(76-34-10-14-42-84(76)110(92)124-109(91)83-41-13-9-33-75(83)101)118(98-51-27-46-88-80-38-18-23-55-106(80)122-114(88)98)94-61-58-70(62-68(94)2)69-56-59-72(60-57-69)116(96-49-25-44-86-78-36-16-21-53-104(78)120-112(86)96)100-64-90-89-63-99(73-31-7-11-39-81(73)107(89)123-108(90)82-40-12-8-32-74(82)100)115(71-29-4-3-5-30-71)95-48-24-43-85-77-35-15-20-52-103(77)119-111(85)95/h3-66H,1-2H3. The van der Waals surface area contributed by atoms with Crippen molar-refractivity contribution in [2.24, 2.45) is 0 Å². The molecule has 0 fully saturated rings. The van der Waals surface area contributed by atoms with Crippen molar-refractivity contribution < 1.29 is 26.5 Å². The molecule has 0 radical (unpaired) electrons. The molecular weight excluding hydrogens is 1520 g/mol. The minimum atomic E-state index is 0.777. The van der Waals surface area contributed by atoms with E-state index in [1.165, 1.54) is 0 Å². The monoisotopic (exact) mass is 1590 g/mol. The van der Waals surface area contributed by atoms with Gasteiger partial charge in [-0.1, -0.05) is 273 Å². The topological polar surface area (TPSA) is 91.8 Å². The SMILES string of the molecule is Cc1ccccc1N(c1cc2c3cc(N(c4ccc(-c5ccc(N(c6cc7c8cc(N(c9ccccc9)c9cccc%10c9oc9ccccc9%10)c9ccccc9c8oc7c7ccccc67)c6cccc7c6oc6ccccc67)cc5)cc4C)c4cccc5c4oc4ccccc45)c4ccccc4c3oc2c2ccccc12)c1cccc2c1oc1ccccc12. The lowest BCUT2D eigenvalue weighted by Gasteiger charge is -2.29. The van der Waals surface area contributed by atoms with Gasteiger partial charge in [0, 0.05) is 130 Å². The lowest BCUT2D eigenvalue weighted by Crippen LogP contribution is -2.12. The Kier molecular flexibility index (Phi) is 15.1. The van der Waals surface area contributed by atoms with Crippen molar-refractivity contribution in [3.05, 3.63) is 399 Å². The number of rotatable bonds is 13. The normalized spacial score (nSPS) is 12.1. The molecule has 124 heavy (non-hydrogen) atoms. The molecule has 0 N–H and O–H groups in total. The van der Waals surface area contributed by atoms with Crippen LogP contribution in [0.1, 0.15) is 11.1 Å². The Morgan fingerprint density at radius 3 is 0.758 bits per heavy atom. The molecule has 26 rings (SSSR count). The van der Waals surface area contributed by atoms with Crippen LogP contribution in [0.5, 0.6) is 0 Å². The number of benzene rings is 20. The van der Waals surface area contributed by atoms with Crippen LogP contribution < -0.4 is 19.6 Å². The first-order valence-electron chi connectivity index (χ1n) is 42.1. The molecule has 0 unspecified atom stereocenters. The van der Waals surface area contributed by atoms with E-state index in [1.807, 2.05) is 30.3 Å². The third-order valence-corrected chi connectivity index (χ3v) is 25.6. The lowest BCUT2D eigenvalue weighted by atomic mass is 9.97. The summed E-state index contributed by atoms with van der Waals surface area (Å²) in [4.78, 5) is 9.55. The summed E-state index contributed by atoms with van der Waals surface area (Å²) in [5.74, 6) is 0. The number of anilines is 12. The summed E-state index contributed by atoms with van der Waals surface area (Å²) in [5, 5.41) is 20.3. The summed E-state index contributed by atoms with van der Waals surface area (Å²) < 4.78 is 42.8. The molecule has 582 valence electrons. The average molecular weight is 1590 g/mol. The molecule has 6 heterocycles. The van der Waals surface area contributed by atoms with Gasteiger partial charge in [0.15, 0.2) is 22.3 Å². The van der Waals surface area contributed by atoms with Crippen molar-refractivity contribution in [2.75, 3.05) is 19.6 Å². The summed E-state index contributed by atoms with van der Waals surface area (Å²) in [6, 6.07) is 138. The summed E-state index contributed by atoms with van der Waals surface area (Å²) in [6.45, 7) is 4.42. The van der Waals surface area contributed by atoms with E-state index in [9.17, 15) is 0 Å². The van der Waals surface area contributed by atoms with Gasteiger partial charge in [-0.3, -0.25) is 0 Å². The summed E-state index contributed by atoms with van der Waals surface area (Å²) in [5.41, 5.74) is 25.5. The zero-order valence-corrected chi connectivity index (χ0v) is 67.2. The fourth-order valence-corrected chi connectivity index (χ4v) is 20.0. The van der Waals surface area contributed by atoms with E-state index in [1.54, 1.807) is 0 Å². The van der Waals surface area contributed by atoms with Crippen molar-refractivity contribution in [2.45, 2.75) is 13.8 Å². The maximum atomic E-state index is 7.43. The molecule has 0 amide bonds. The molecule has 10 nitrogen and oxygen atoms in total. The summed E-state index contributed by atoms with van der Waals surface area (Å²) in [6.07, 6.45) is 0. The quantitative estimate of drug-likeness (QED) is 0.111. The molecule has 0 aliphatic rings. The molecule has 10 heteroatoms. The van der Waals surface area contributed by atoms with Gasteiger partial charge in [0.1, 0.15) is 44.7 Å². The van der Waals surface area contributed by atoms with Gasteiger partial charge in [-0.25, -0.2) is 0 Å². The molecule has 0 atom stereocenters. The minimum absolute atomic E-state index is 0.777. The van der Waals surface area contributed by atoms with Crippen molar-refractivity contribution >= 4 is 243 Å². The Hall–Kier alpha value is -16.6. The van der Waals surface area contributed by atoms with E-state index in [2.05, 4.69) is 391 Å². The first-order valence-corrected chi connectivity index (χ1v) is 42.1. The second-order valence-corrected chi connectivity index (χ2v) is 32.5. The highest BCUT2D eigenvalue weighted by molar-refractivity contribution is 6.29. The number of hydrogen-bond donors (Lipinski definition) is 0. The number of nitrogens with zero attached hydrogens (tertiary/aromatic N) is 4. The number of aryl methyl sites for hydroxylation is 2. The molecule has 0 aliphatic heterocycles. The van der Waals surface area contributed by atoms with E-state index in [0.29, 0.717) is 0 Å². The van der Waals surface area contributed by atoms with Gasteiger partial charge in [0.05, 0.1) is 45.5 Å². The van der Waals surface area contributed by atoms with Gasteiger partial charge in [-0.2, -0.15) is 0 Å². The zero-order chi connectivity index (χ0) is 81.5. The van der Waals surface area contributed by atoms with Crippen LogP contribution in [0.2, 0.25) is 0 Å². The Morgan fingerprint density at radius 2 is 0.403 bits per heavy atom. The van der Waals surface area contributed by atoms with E-state index >= 15 is 0 Å². The Labute approximate surface area is 708 Å². The minimum Gasteiger partial charge on any atom is -0.455 e. The fourth-order valence-electron chi connectivity index (χ4n) is 20.0.